The Bertz CT molecular complexity index is 1310. The van der Waals surface area contributed by atoms with Crippen LogP contribution in [0.4, 0.5) is 13.2 Å². The summed E-state index contributed by atoms with van der Waals surface area (Å²) in [4.78, 5) is 23.0. The van der Waals surface area contributed by atoms with Gasteiger partial charge >= 0.3 is 6.18 Å². The number of hydrogen-bond acceptors (Lipinski definition) is 5. The van der Waals surface area contributed by atoms with Crippen LogP contribution in [0.15, 0.2) is 78.4 Å². The second-order valence-corrected chi connectivity index (χ2v) is 9.52. The SMILES string of the molecule is O=C(NCc1cccnc1)c1csc(CN(Cc2cccc(Cl)c2)Cc2cccc(C(F)(F)F)c2)n1. The molecule has 0 unspecified atom stereocenters. The first-order chi connectivity index (χ1) is 17.3. The van der Waals surface area contributed by atoms with Crippen molar-refractivity contribution in [2.45, 2.75) is 32.4 Å². The molecule has 0 fully saturated rings. The highest BCUT2D eigenvalue weighted by molar-refractivity contribution is 7.09. The molecule has 1 N–H and O–H groups in total. The van der Waals surface area contributed by atoms with Crippen molar-refractivity contribution in [2.24, 2.45) is 0 Å². The number of nitrogens with zero attached hydrogens (tertiary/aromatic N) is 3. The molecule has 0 aliphatic rings. The summed E-state index contributed by atoms with van der Waals surface area (Å²) >= 11 is 7.46. The van der Waals surface area contributed by atoms with E-state index in [1.165, 1.54) is 17.4 Å². The van der Waals surface area contributed by atoms with Crippen molar-refractivity contribution < 1.29 is 18.0 Å². The highest BCUT2D eigenvalue weighted by Crippen LogP contribution is 2.30. The lowest BCUT2D eigenvalue weighted by molar-refractivity contribution is -0.137. The fraction of sp³-hybridized carbons (Fsp3) is 0.192. The van der Waals surface area contributed by atoms with Crippen LogP contribution in [-0.4, -0.2) is 20.8 Å². The molecule has 0 atom stereocenters. The Balaban J connectivity index is 1.48. The third-order valence-corrected chi connectivity index (χ3v) is 6.34. The van der Waals surface area contributed by atoms with Gasteiger partial charge < -0.3 is 5.32 Å². The van der Waals surface area contributed by atoms with Gasteiger partial charge in [-0.05, 0) is 41.0 Å². The van der Waals surface area contributed by atoms with Crippen LogP contribution in [0.5, 0.6) is 0 Å². The van der Waals surface area contributed by atoms with Crippen molar-refractivity contribution in [3.8, 4) is 0 Å². The molecule has 1 amide bonds. The van der Waals surface area contributed by atoms with Gasteiger partial charge in [0, 0.05) is 42.4 Å². The number of thiazole rings is 1. The highest BCUT2D eigenvalue weighted by atomic mass is 35.5. The molecule has 10 heteroatoms. The summed E-state index contributed by atoms with van der Waals surface area (Å²) in [5.41, 5.74) is 1.92. The van der Waals surface area contributed by atoms with Crippen LogP contribution in [0.1, 0.15) is 37.7 Å². The van der Waals surface area contributed by atoms with Crippen LogP contribution in [0, 0.1) is 0 Å². The van der Waals surface area contributed by atoms with E-state index in [1.807, 2.05) is 29.2 Å². The average Bonchev–Trinajstić information content (AvgIpc) is 3.31. The third-order valence-electron chi connectivity index (χ3n) is 5.27. The monoisotopic (exact) mass is 530 g/mol. The predicted octanol–water partition coefficient (Wildman–Crippen LogP) is 6.34. The molecular formula is C26H22ClF3N4OS. The first kappa shape index (κ1) is 25.8. The molecule has 0 bridgehead atoms. The van der Waals surface area contributed by atoms with Gasteiger partial charge in [-0.15, -0.1) is 11.3 Å². The Labute approximate surface area is 215 Å². The van der Waals surface area contributed by atoms with E-state index in [9.17, 15) is 18.0 Å². The number of benzene rings is 2. The van der Waals surface area contributed by atoms with Gasteiger partial charge in [0.2, 0.25) is 0 Å². The lowest BCUT2D eigenvalue weighted by atomic mass is 10.1. The molecule has 0 saturated heterocycles. The van der Waals surface area contributed by atoms with Crippen molar-refractivity contribution >= 4 is 28.8 Å². The lowest BCUT2D eigenvalue weighted by Gasteiger charge is -2.22. The Morgan fingerprint density at radius 3 is 2.39 bits per heavy atom. The number of halogens is 4. The number of carbonyl (C=O) groups excluding carboxylic acids is 1. The summed E-state index contributed by atoms with van der Waals surface area (Å²) in [5, 5.41) is 5.75. The van der Waals surface area contributed by atoms with Gasteiger partial charge in [-0.2, -0.15) is 13.2 Å². The van der Waals surface area contributed by atoms with Gasteiger partial charge in [0.1, 0.15) is 10.7 Å². The Morgan fingerprint density at radius 1 is 0.972 bits per heavy atom. The summed E-state index contributed by atoms with van der Waals surface area (Å²) in [5.74, 6) is -0.305. The molecule has 2 heterocycles. The standard InChI is InChI=1S/C26H22ClF3N4OS/c27-22-8-2-5-19(11-22)15-34(14-18-4-1-7-21(10-18)26(28,29)30)16-24-33-23(17-36-24)25(35)32-13-20-6-3-9-31-12-20/h1-12,17H,13-16H2,(H,32,35). The number of amides is 1. The van der Waals surface area contributed by atoms with E-state index in [-0.39, 0.29) is 12.5 Å². The molecule has 0 radical (unpaired) electrons. The zero-order chi connectivity index (χ0) is 25.5. The van der Waals surface area contributed by atoms with Crippen molar-refractivity contribution in [1.29, 1.82) is 0 Å². The Morgan fingerprint density at radius 2 is 1.69 bits per heavy atom. The van der Waals surface area contributed by atoms with E-state index >= 15 is 0 Å². The lowest BCUT2D eigenvalue weighted by Crippen LogP contribution is -2.24. The van der Waals surface area contributed by atoms with Crippen molar-refractivity contribution in [3.05, 3.63) is 116 Å². The smallest absolute Gasteiger partial charge is 0.347 e. The second kappa shape index (κ2) is 11.6. The van der Waals surface area contributed by atoms with Gasteiger partial charge in [-0.3, -0.25) is 14.7 Å². The summed E-state index contributed by atoms with van der Waals surface area (Å²) in [6, 6.07) is 16.3. The summed E-state index contributed by atoms with van der Waals surface area (Å²) < 4.78 is 39.6. The number of hydrogen-bond donors (Lipinski definition) is 1. The van der Waals surface area contributed by atoms with E-state index in [4.69, 9.17) is 11.6 Å². The molecule has 0 saturated carbocycles. The van der Waals surface area contributed by atoms with E-state index < -0.39 is 11.7 Å². The van der Waals surface area contributed by atoms with Gasteiger partial charge in [0.15, 0.2) is 0 Å². The van der Waals surface area contributed by atoms with E-state index in [0.717, 1.165) is 23.3 Å². The van der Waals surface area contributed by atoms with E-state index in [2.05, 4.69) is 15.3 Å². The van der Waals surface area contributed by atoms with Gasteiger partial charge in [-0.1, -0.05) is 48.0 Å². The summed E-state index contributed by atoms with van der Waals surface area (Å²) in [7, 11) is 0. The van der Waals surface area contributed by atoms with Crippen LogP contribution >= 0.6 is 22.9 Å². The summed E-state index contributed by atoms with van der Waals surface area (Å²) in [6.45, 7) is 1.39. The molecule has 2 aromatic carbocycles. The summed E-state index contributed by atoms with van der Waals surface area (Å²) in [6.07, 6.45) is -1.08. The zero-order valence-electron chi connectivity index (χ0n) is 19.0. The molecule has 4 aromatic rings. The first-order valence-corrected chi connectivity index (χ1v) is 12.3. The maximum atomic E-state index is 13.2. The van der Waals surface area contributed by atoms with Crippen LogP contribution in [0.2, 0.25) is 5.02 Å². The number of alkyl halides is 3. The van der Waals surface area contributed by atoms with Crippen molar-refractivity contribution in [1.82, 2.24) is 20.2 Å². The first-order valence-electron chi connectivity index (χ1n) is 11.0. The van der Waals surface area contributed by atoms with Gasteiger partial charge in [-0.25, -0.2) is 4.98 Å². The minimum absolute atomic E-state index is 0.262. The topological polar surface area (TPSA) is 58.1 Å². The maximum absolute atomic E-state index is 13.2. The second-order valence-electron chi connectivity index (χ2n) is 8.14. The van der Waals surface area contributed by atoms with Crippen LogP contribution in [0.25, 0.3) is 0 Å². The van der Waals surface area contributed by atoms with Gasteiger partial charge in [0.25, 0.3) is 5.91 Å². The Hall–Kier alpha value is -3.27. The highest BCUT2D eigenvalue weighted by Gasteiger charge is 2.30. The molecule has 0 aliphatic heterocycles. The molecule has 0 spiro atoms. The quantitative estimate of drug-likeness (QED) is 0.274. The van der Waals surface area contributed by atoms with E-state index in [0.29, 0.717) is 40.9 Å². The molecule has 36 heavy (non-hydrogen) atoms. The Kier molecular flexibility index (Phi) is 8.35. The maximum Gasteiger partial charge on any atom is 0.416 e. The minimum atomic E-state index is -4.42. The molecule has 2 aromatic heterocycles. The van der Waals surface area contributed by atoms with E-state index in [1.54, 1.807) is 36.0 Å². The normalized spacial score (nSPS) is 11.6. The fourth-order valence-corrected chi connectivity index (χ4v) is 4.65. The molecule has 5 nitrogen and oxygen atoms in total. The van der Waals surface area contributed by atoms with Crippen LogP contribution < -0.4 is 5.32 Å². The number of carbonyl (C=O) groups is 1. The average molecular weight is 531 g/mol. The van der Waals surface area contributed by atoms with Crippen LogP contribution in [0.3, 0.4) is 0 Å². The van der Waals surface area contributed by atoms with Crippen molar-refractivity contribution in [3.63, 3.8) is 0 Å². The largest absolute Gasteiger partial charge is 0.416 e. The number of rotatable bonds is 9. The van der Waals surface area contributed by atoms with Crippen molar-refractivity contribution in [2.75, 3.05) is 0 Å². The van der Waals surface area contributed by atoms with Gasteiger partial charge in [0.05, 0.1) is 12.1 Å². The number of aromatic nitrogens is 2. The molecule has 186 valence electrons. The third kappa shape index (κ3) is 7.36. The molecule has 4 rings (SSSR count). The number of nitrogens with one attached hydrogen (secondary N) is 1. The fourth-order valence-electron chi connectivity index (χ4n) is 3.62. The number of pyridine rings is 1. The van der Waals surface area contributed by atoms with Crippen LogP contribution in [-0.2, 0) is 32.4 Å². The molecular weight excluding hydrogens is 509 g/mol. The molecule has 0 aliphatic carbocycles. The minimum Gasteiger partial charge on any atom is -0.347 e. The predicted molar refractivity (Wildman–Crippen MR) is 133 cm³/mol. The zero-order valence-corrected chi connectivity index (χ0v) is 20.6.